The molecule has 0 spiro atoms. The first-order valence-corrected chi connectivity index (χ1v) is 8.69. The molecule has 0 bridgehead atoms. The molecule has 0 aliphatic heterocycles. The van der Waals surface area contributed by atoms with Crippen LogP contribution in [0.5, 0.6) is 5.75 Å². The molecule has 1 N–H and O–H groups in total. The third-order valence-electron chi connectivity index (χ3n) is 5.17. The van der Waals surface area contributed by atoms with E-state index in [0.717, 1.165) is 29.2 Å². The lowest BCUT2D eigenvalue weighted by atomic mass is 9.96. The van der Waals surface area contributed by atoms with E-state index < -0.39 is 17.3 Å². The van der Waals surface area contributed by atoms with Crippen LogP contribution in [0.3, 0.4) is 0 Å². The van der Waals surface area contributed by atoms with E-state index >= 15 is 0 Å². The molecule has 1 aliphatic rings. The van der Waals surface area contributed by atoms with Gasteiger partial charge in [-0.15, -0.1) is 0 Å². The summed E-state index contributed by atoms with van der Waals surface area (Å²) in [5.41, 5.74) is 1.30. The molecule has 0 atom stereocenters. The van der Waals surface area contributed by atoms with Gasteiger partial charge in [-0.1, -0.05) is 48.5 Å². The maximum absolute atomic E-state index is 14.6. The van der Waals surface area contributed by atoms with Crippen LogP contribution in [0.2, 0.25) is 0 Å². The highest BCUT2D eigenvalue weighted by Gasteiger charge is 2.47. The molecule has 0 heterocycles. The Kier molecular flexibility index (Phi) is 3.91. The highest BCUT2D eigenvalue weighted by atomic mass is 19.1. The molecule has 0 radical (unpaired) electrons. The Morgan fingerprint density at radius 3 is 2.54 bits per heavy atom. The average Bonchev–Trinajstić information content (AvgIpc) is 3.42. The molecule has 4 rings (SSSR count). The highest BCUT2D eigenvalue weighted by Crippen LogP contribution is 2.48. The number of carbonyl (C=O) groups excluding carboxylic acids is 1. The van der Waals surface area contributed by atoms with E-state index in [-0.39, 0.29) is 11.3 Å². The third kappa shape index (κ3) is 2.62. The Hall–Kier alpha value is -2.88. The summed E-state index contributed by atoms with van der Waals surface area (Å²) in [4.78, 5) is 12.9. The molecule has 3 aromatic rings. The minimum atomic E-state index is -0.612. The maximum atomic E-state index is 14.6. The van der Waals surface area contributed by atoms with Gasteiger partial charge in [0.05, 0.1) is 18.2 Å². The van der Waals surface area contributed by atoms with Gasteiger partial charge in [0.15, 0.2) is 11.6 Å². The summed E-state index contributed by atoms with van der Waals surface area (Å²) >= 11 is 0. The van der Waals surface area contributed by atoms with Crippen molar-refractivity contribution in [1.82, 2.24) is 5.32 Å². The van der Waals surface area contributed by atoms with Crippen LogP contribution in [-0.4, -0.2) is 13.0 Å². The van der Waals surface area contributed by atoms with E-state index in [9.17, 15) is 9.18 Å². The Morgan fingerprint density at radius 1 is 1.08 bits per heavy atom. The number of halogens is 1. The van der Waals surface area contributed by atoms with Crippen molar-refractivity contribution >= 4 is 16.7 Å². The monoisotopic (exact) mass is 349 g/mol. The average molecular weight is 349 g/mol. The summed E-state index contributed by atoms with van der Waals surface area (Å²) in [6, 6.07) is 17.5. The van der Waals surface area contributed by atoms with Crippen LogP contribution in [0.15, 0.2) is 54.6 Å². The Balaban J connectivity index is 1.72. The normalized spacial score (nSPS) is 14.9. The first-order chi connectivity index (χ1) is 12.6. The molecule has 0 aromatic heterocycles. The summed E-state index contributed by atoms with van der Waals surface area (Å²) in [5.74, 6) is -0.932. The van der Waals surface area contributed by atoms with E-state index in [0.29, 0.717) is 5.56 Å². The predicted octanol–water partition coefficient (Wildman–Crippen LogP) is 4.72. The SMILES string of the molecule is COc1ccc(C)c(C(=O)NC2(c3cccc4ccccc34)CC2)c1F. The fraction of sp³-hybridized carbons (Fsp3) is 0.227. The number of rotatable bonds is 4. The van der Waals surface area contributed by atoms with Gasteiger partial charge in [-0.05, 0) is 47.7 Å². The van der Waals surface area contributed by atoms with Crippen molar-refractivity contribution in [3.63, 3.8) is 0 Å². The van der Waals surface area contributed by atoms with Gasteiger partial charge in [0, 0.05) is 0 Å². The topological polar surface area (TPSA) is 38.3 Å². The second-order valence-corrected chi connectivity index (χ2v) is 6.84. The van der Waals surface area contributed by atoms with Crippen molar-refractivity contribution in [3.05, 3.63) is 77.1 Å². The van der Waals surface area contributed by atoms with Gasteiger partial charge in [-0.3, -0.25) is 4.79 Å². The lowest BCUT2D eigenvalue weighted by Gasteiger charge is -2.21. The zero-order valence-corrected chi connectivity index (χ0v) is 14.8. The largest absolute Gasteiger partial charge is 0.494 e. The van der Waals surface area contributed by atoms with Crippen molar-refractivity contribution < 1.29 is 13.9 Å². The van der Waals surface area contributed by atoms with Crippen LogP contribution in [0.25, 0.3) is 10.8 Å². The number of methoxy groups -OCH3 is 1. The third-order valence-corrected chi connectivity index (χ3v) is 5.17. The second-order valence-electron chi connectivity index (χ2n) is 6.84. The van der Waals surface area contributed by atoms with E-state index in [4.69, 9.17) is 4.74 Å². The van der Waals surface area contributed by atoms with Gasteiger partial charge in [-0.2, -0.15) is 0 Å². The quantitative estimate of drug-likeness (QED) is 0.740. The summed E-state index contributed by atoms with van der Waals surface area (Å²) in [7, 11) is 1.40. The molecule has 1 saturated carbocycles. The number of hydrogen-bond acceptors (Lipinski definition) is 2. The number of amides is 1. The van der Waals surface area contributed by atoms with Gasteiger partial charge < -0.3 is 10.1 Å². The fourth-order valence-electron chi connectivity index (χ4n) is 3.60. The maximum Gasteiger partial charge on any atom is 0.255 e. The fourth-order valence-corrected chi connectivity index (χ4v) is 3.60. The Bertz CT molecular complexity index is 1000. The minimum Gasteiger partial charge on any atom is -0.494 e. The Morgan fingerprint density at radius 2 is 1.81 bits per heavy atom. The van der Waals surface area contributed by atoms with Crippen molar-refractivity contribution in [2.24, 2.45) is 0 Å². The van der Waals surface area contributed by atoms with E-state index in [1.54, 1.807) is 19.1 Å². The first-order valence-electron chi connectivity index (χ1n) is 8.69. The van der Waals surface area contributed by atoms with Crippen LogP contribution < -0.4 is 10.1 Å². The summed E-state index contributed by atoms with van der Waals surface area (Å²) in [6.07, 6.45) is 1.69. The number of fused-ring (bicyclic) bond motifs is 1. The molecule has 1 amide bonds. The van der Waals surface area contributed by atoms with Crippen LogP contribution >= 0.6 is 0 Å². The number of nitrogens with one attached hydrogen (secondary N) is 1. The molecule has 3 nitrogen and oxygen atoms in total. The van der Waals surface area contributed by atoms with E-state index in [1.165, 1.54) is 7.11 Å². The Labute approximate surface area is 151 Å². The molecule has 1 aliphatic carbocycles. The number of hydrogen-bond donors (Lipinski definition) is 1. The van der Waals surface area contributed by atoms with E-state index in [2.05, 4.69) is 23.5 Å². The van der Waals surface area contributed by atoms with Gasteiger partial charge in [0.25, 0.3) is 5.91 Å². The molecule has 3 aromatic carbocycles. The van der Waals surface area contributed by atoms with E-state index in [1.807, 2.05) is 24.3 Å². The van der Waals surface area contributed by atoms with Gasteiger partial charge in [0.2, 0.25) is 0 Å². The van der Waals surface area contributed by atoms with Crippen LogP contribution in [0.4, 0.5) is 4.39 Å². The molecule has 1 fully saturated rings. The number of benzene rings is 3. The van der Waals surface area contributed by atoms with Crippen molar-refractivity contribution in [2.45, 2.75) is 25.3 Å². The molecular formula is C22H20FNO2. The highest BCUT2D eigenvalue weighted by molar-refractivity contribution is 5.98. The lowest BCUT2D eigenvalue weighted by Crippen LogP contribution is -2.36. The number of aryl methyl sites for hydroxylation is 1. The van der Waals surface area contributed by atoms with Crippen LogP contribution in [0.1, 0.15) is 34.3 Å². The molecule has 0 saturated heterocycles. The number of carbonyl (C=O) groups is 1. The molecule has 132 valence electrons. The summed E-state index contributed by atoms with van der Waals surface area (Å²) in [5, 5.41) is 5.35. The van der Waals surface area contributed by atoms with Gasteiger partial charge in [0.1, 0.15) is 0 Å². The second kappa shape index (κ2) is 6.13. The molecular weight excluding hydrogens is 329 g/mol. The zero-order valence-electron chi connectivity index (χ0n) is 14.8. The summed E-state index contributed by atoms with van der Waals surface area (Å²) in [6.45, 7) is 1.73. The van der Waals surface area contributed by atoms with Crippen molar-refractivity contribution in [2.75, 3.05) is 7.11 Å². The molecule has 26 heavy (non-hydrogen) atoms. The van der Waals surface area contributed by atoms with Gasteiger partial charge >= 0.3 is 0 Å². The standard InChI is InChI=1S/C22H20FNO2/c1-14-10-11-18(26-2)20(23)19(14)21(25)24-22(12-13-22)17-9-5-7-15-6-3-4-8-16(15)17/h3-11H,12-13H2,1-2H3,(H,24,25). The predicted molar refractivity (Wildman–Crippen MR) is 100 cm³/mol. The number of ether oxygens (including phenoxy) is 1. The van der Waals surface area contributed by atoms with Crippen molar-refractivity contribution in [3.8, 4) is 5.75 Å². The lowest BCUT2D eigenvalue weighted by molar-refractivity contribution is 0.0925. The van der Waals surface area contributed by atoms with Crippen molar-refractivity contribution in [1.29, 1.82) is 0 Å². The molecule has 4 heteroatoms. The smallest absolute Gasteiger partial charge is 0.255 e. The van der Waals surface area contributed by atoms with Gasteiger partial charge in [-0.25, -0.2) is 4.39 Å². The first kappa shape index (κ1) is 16.6. The van der Waals surface area contributed by atoms with Crippen LogP contribution in [-0.2, 0) is 5.54 Å². The summed E-state index contributed by atoms with van der Waals surface area (Å²) < 4.78 is 19.7. The zero-order chi connectivity index (χ0) is 18.3. The molecule has 0 unspecified atom stereocenters. The van der Waals surface area contributed by atoms with Crippen LogP contribution in [0, 0.1) is 12.7 Å². The minimum absolute atomic E-state index is 0.0517.